The lowest BCUT2D eigenvalue weighted by Crippen LogP contribution is -2.49. The highest BCUT2D eigenvalue weighted by atomic mass is 19.4. The third-order valence-corrected chi connectivity index (χ3v) is 3.12. The molecule has 2 rings (SSSR count). The summed E-state index contributed by atoms with van der Waals surface area (Å²) < 4.78 is 42.9. The van der Waals surface area contributed by atoms with Crippen LogP contribution in [0.3, 0.4) is 0 Å². The zero-order chi connectivity index (χ0) is 13.9. The molecule has 0 aliphatic carbocycles. The highest BCUT2D eigenvalue weighted by Gasteiger charge is 2.43. The van der Waals surface area contributed by atoms with E-state index in [9.17, 15) is 13.2 Å². The van der Waals surface area contributed by atoms with Crippen LogP contribution in [0.4, 0.5) is 19.0 Å². The van der Waals surface area contributed by atoms with Gasteiger partial charge >= 0.3 is 6.18 Å². The maximum Gasteiger partial charge on any atom is 0.416 e. The second-order valence-electron chi connectivity index (χ2n) is 4.58. The molecule has 19 heavy (non-hydrogen) atoms. The molecule has 1 fully saturated rings. The normalized spacial score (nSPS) is 20.6. The smallest absolute Gasteiger partial charge is 0.365 e. The van der Waals surface area contributed by atoms with E-state index in [2.05, 4.69) is 4.98 Å². The molecule has 0 aromatic carbocycles. The quantitative estimate of drug-likeness (QED) is 0.847. The van der Waals surface area contributed by atoms with Crippen molar-refractivity contribution in [3.8, 4) is 0 Å². The number of alkyl halides is 3. The number of pyridine rings is 1. The fourth-order valence-corrected chi connectivity index (χ4v) is 2.22. The second kappa shape index (κ2) is 5.77. The van der Waals surface area contributed by atoms with Crippen LogP contribution in [0.25, 0.3) is 0 Å². The predicted molar refractivity (Wildman–Crippen MR) is 66.2 cm³/mol. The lowest BCUT2D eigenvalue weighted by molar-refractivity contribution is -0.221. The van der Waals surface area contributed by atoms with Crippen molar-refractivity contribution in [2.45, 2.75) is 32.0 Å². The molecular weight excluding hydrogens is 257 g/mol. The first kappa shape index (κ1) is 14.1. The molecule has 0 N–H and O–H groups in total. The Labute approximate surface area is 110 Å². The van der Waals surface area contributed by atoms with Gasteiger partial charge in [0.15, 0.2) is 6.10 Å². The first-order chi connectivity index (χ1) is 9.02. The van der Waals surface area contributed by atoms with Crippen LogP contribution in [0.2, 0.25) is 0 Å². The Morgan fingerprint density at radius 3 is 2.95 bits per heavy atom. The third kappa shape index (κ3) is 3.37. The number of rotatable bonds is 3. The monoisotopic (exact) mass is 274 g/mol. The largest absolute Gasteiger partial charge is 0.416 e. The highest BCUT2D eigenvalue weighted by molar-refractivity contribution is 5.47. The molecule has 106 valence electrons. The molecule has 0 amide bonds. The molecule has 2 heterocycles. The number of hydrogen-bond donors (Lipinski definition) is 0. The molecular formula is C13H17F3N2O. The van der Waals surface area contributed by atoms with Crippen molar-refractivity contribution in [2.75, 3.05) is 24.6 Å². The summed E-state index contributed by atoms with van der Waals surface area (Å²) in [6, 6.07) is 3.74. The van der Waals surface area contributed by atoms with Gasteiger partial charge in [0.05, 0.1) is 13.2 Å². The van der Waals surface area contributed by atoms with E-state index in [0.717, 1.165) is 18.4 Å². The summed E-state index contributed by atoms with van der Waals surface area (Å²) in [5.74, 6) is 0.655. The topological polar surface area (TPSA) is 25.4 Å². The van der Waals surface area contributed by atoms with Crippen LogP contribution in [0.15, 0.2) is 18.3 Å². The van der Waals surface area contributed by atoms with Crippen molar-refractivity contribution < 1.29 is 17.9 Å². The summed E-state index contributed by atoms with van der Waals surface area (Å²) in [5.41, 5.74) is 0.993. The molecule has 0 radical (unpaired) electrons. The molecule has 1 unspecified atom stereocenters. The molecule has 1 aliphatic heterocycles. The van der Waals surface area contributed by atoms with Crippen LogP contribution < -0.4 is 4.90 Å². The van der Waals surface area contributed by atoms with Crippen LogP contribution in [-0.2, 0) is 11.2 Å². The Kier molecular flexibility index (Phi) is 4.29. The fraction of sp³-hybridized carbons (Fsp3) is 0.615. The van der Waals surface area contributed by atoms with Crippen molar-refractivity contribution in [1.82, 2.24) is 4.98 Å². The molecule has 1 saturated heterocycles. The van der Waals surface area contributed by atoms with Gasteiger partial charge in [0.25, 0.3) is 0 Å². The van der Waals surface area contributed by atoms with Crippen LogP contribution >= 0.6 is 0 Å². The highest BCUT2D eigenvalue weighted by Crippen LogP contribution is 2.28. The Morgan fingerprint density at radius 2 is 2.26 bits per heavy atom. The van der Waals surface area contributed by atoms with Gasteiger partial charge in [-0.15, -0.1) is 0 Å². The Morgan fingerprint density at radius 1 is 1.47 bits per heavy atom. The van der Waals surface area contributed by atoms with Gasteiger partial charge in [-0.3, -0.25) is 0 Å². The number of ether oxygens (including phenoxy) is 1. The van der Waals surface area contributed by atoms with Crippen molar-refractivity contribution in [2.24, 2.45) is 0 Å². The molecule has 1 aliphatic rings. The number of nitrogens with zero attached hydrogens (tertiary/aromatic N) is 2. The number of aromatic nitrogens is 1. The van der Waals surface area contributed by atoms with E-state index in [1.165, 1.54) is 0 Å². The van der Waals surface area contributed by atoms with Gasteiger partial charge in [-0.2, -0.15) is 13.2 Å². The number of aryl methyl sites for hydroxylation is 1. The van der Waals surface area contributed by atoms with Gasteiger partial charge in [0.2, 0.25) is 0 Å². The number of hydrogen-bond acceptors (Lipinski definition) is 3. The Bertz CT molecular complexity index is 423. The van der Waals surface area contributed by atoms with Crippen LogP contribution in [0.1, 0.15) is 18.9 Å². The zero-order valence-corrected chi connectivity index (χ0v) is 10.8. The first-order valence-electron chi connectivity index (χ1n) is 6.39. The Hall–Kier alpha value is -1.30. The van der Waals surface area contributed by atoms with E-state index < -0.39 is 12.3 Å². The van der Waals surface area contributed by atoms with Gasteiger partial charge < -0.3 is 9.64 Å². The average molecular weight is 274 g/mol. The molecule has 3 nitrogen and oxygen atoms in total. The summed E-state index contributed by atoms with van der Waals surface area (Å²) in [6.07, 6.45) is -2.67. The maximum atomic E-state index is 12.7. The molecule has 6 heteroatoms. The molecule has 0 spiro atoms. The Balaban J connectivity index is 2.17. The van der Waals surface area contributed by atoms with Crippen LogP contribution in [-0.4, -0.2) is 37.0 Å². The molecule has 1 atom stereocenters. The van der Waals surface area contributed by atoms with Crippen molar-refractivity contribution in [3.05, 3.63) is 23.9 Å². The minimum atomic E-state index is -4.32. The summed E-state index contributed by atoms with van der Waals surface area (Å²) >= 11 is 0. The second-order valence-corrected chi connectivity index (χ2v) is 4.58. The van der Waals surface area contributed by atoms with E-state index in [0.29, 0.717) is 12.4 Å². The van der Waals surface area contributed by atoms with Crippen molar-refractivity contribution in [3.63, 3.8) is 0 Å². The summed E-state index contributed by atoms with van der Waals surface area (Å²) in [5, 5.41) is 0. The zero-order valence-electron chi connectivity index (χ0n) is 10.8. The van der Waals surface area contributed by atoms with E-state index in [1.54, 1.807) is 11.1 Å². The SMILES string of the molecule is CCCc1cccnc1N1CCOC(C(F)(F)F)C1. The third-order valence-electron chi connectivity index (χ3n) is 3.12. The van der Waals surface area contributed by atoms with Gasteiger partial charge in [-0.25, -0.2) is 4.98 Å². The van der Waals surface area contributed by atoms with Crippen LogP contribution in [0, 0.1) is 0 Å². The summed E-state index contributed by atoms with van der Waals surface area (Å²) in [6.45, 7) is 2.37. The molecule has 0 saturated carbocycles. The summed E-state index contributed by atoms with van der Waals surface area (Å²) in [4.78, 5) is 5.91. The molecule has 1 aromatic rings. The lowest BCUT2D eigenvalue weighted by Gasteiger charge is -2.35. The minimum Gasteiger partial charge on any atom is -0.365 e. The van der Waals surface area contributed by atoms with E-state index in [1.807, 2.05) is 19.1 Å². The average Bonchev–Trinajstić information content (AvgIpc) is 2.39. The first-order valence-corrected chi connectivity index (χ1v) is 6.39. The van der Waals surface area contributed by atoms with Crippen molar-refractivity contribution in [1.29, 1.82) is 0 Å². The predicted octanol–water partition coefficient (Wildman–Crippen LogP) is 2.80. The maximum absolute atomic E-state index is 12.7. The van der Waals surface area contributed by atoms with E-state index in [-0.39, 0.29) is 13.2 Å². The fourth-order valence-electron chi connectivity index (χ4n) is 2.22. The van der Waals surface area contributed by atoms with Gasteiger partial charge in [-0.1, -0.05) is 19.4 Å². The number of morpholine rings is 1. The van der Waals surface area contributed by atoms with Gasteiger partial charge in [-0.05, 0) is 18.1 Å². The molecule has 1 aromatic heterocycles. The van der Waals surface area contributed by atoms with Crippen molar-refractivity contribution >= 4 is 5.82 Å². The number of anilines is 1. The standard InChI is InChI=1S/C13H17F3N2O/c1-2-4-10-5-3-6-17-12(10)18-7-8-19-11(9-18)13(14,15)16/h3,5-6,11H,2,4,7-9H2,1H3. The van der Waals surface area contributed by atoms with Crippen LogP contribution in [0.5, 0.6) is 0 Å². The van der Waals surface area contributed by atoms with Gasteiger partial charge in [0.1, 0.15) is 5.82 Å². The summed E-state index contributed by atoms with van der Waals surface area (Å²) in [7, 11) is 0. The van der Waals surface area contributed by atoms with Gasteiger partial charge in [0, 0.05) is 12.7 Å². The number of halogens is 3. The lowest BCUT2D eigenvalue weighted by atomic mass is 10.1. The molecule has 0 bridgehead atoms. The van der Waals surface area contributed by atoms with E-state index in [4.69, 9.17) is 4.74 Å². The van der Waals surface area contributed by atoms with E-state index >= 15 is 0 Å². The minimum absolute atomic E-state index is 0.0757.